The molecule has 1 aromatic rings. The zero-order chi connectivity index (χ0) is 18.3. The summed E-state index contributed by atoms with van der Waals surface area (Å²) in [4.78, 5) is 12.5. The molecule has 7 nitrogen and oxygen atoms in total. The number of non-ortho nitro benzene ring substituents is 1. The Hall–Kier alpha value is -1.51. The van der Waals surface area contributed by atoms with E-state index in [0.29, 0.717) is 12.0 Å². The maximum absolute atomic E-state index is 12.5. The molecule has 0 fully saturated rings. The quantitative estimate of drug-likeness (QED) is 0.513. The minimum absolute atomic E-state index is 0.0349. The molecule has 0 aliphatic carbocycles. The van der Waals surface area contributed by atoms with Crippen LogP contribution in [0.25, 0.3) is 0 Å². The average molecular weight is 357 g/mol. The van der Waals surface area contributed by atoms with Crippen LogP contribution in [-0.2, 0) is 10.0 Å². The molecule has 136 valence electrons. The molecular weight excluding hydrogens is 330 g/mol. The van der Waals surface area contributed by atoms with E-state index in [2.05, 4.69) is 23.5 Å². The molecule has 8 heteroatoms. The van der Waals surface area contributed by atoms with Crippen molar-refractivity contribution in [2.24, 2.45) is 0 Å². The fraction of sp³-hybridized carbons (Fsp3) is 0.625. The molecule has 1 rings (SSSR count). The van der Waals surface area contributed by atoms with Gasteiger partial charge in [0.05, 0.1) is 9.82 Å². The van der Waals surface area contributed by atoms with Gasteiger partial charge < -0.3 is 4.90 Å². The summed E-state index contributed by atoms with van der Waals surface area (Å²) in [6, 6.07) is 3.64. The first-order valence-corrected chi connectivity index (χ1v) is 9.69. The van der Waals surface area contributed by atoms with E-state index in [0.717, 1.165) is 32.1 Å². The van der Waals surface area contributed by atoms with E-state index in [1.165, 1.54) is 12.1 Å². The lowest BCUT2D eigenvalue weighted by molar-refractivity contribution is -0.385. The highest BCUT2D eigenvalue weighted by atomic mass is 32.2. The minimum Gasteiger partial charge on any atom is -0.304 e. The number of aryl methyl sites for hydroxylation is 1. The van der Waals surface area contributed by atoms with Gasteiger partial charge in [0.1, 0.15) is 0 Å². The van der Waals surface area contributed by atoms with Gasteiger partial charge in [0.25, 0.3) is 5.69 Å². The molecule has 0 aliphatic rings. The number of hydrogen-bond acceptors (Lipinski definition) is 5. The van der Waals surface area contributed by atoms with Crippen molar-refractivity contribution >= 4 is 15.7 Å². The molecule has 1 aromatic carbocycles. The van der Waals surface area contributed by atoms with Crippen molar-refractivity contribution in [1.29, 1.82) is 0 Å². The fourth-order valence-electron chi connectivity index (χ4n) is 2.54. The number of rotatable bonds is 10. The fourth-order valence-corrected chi connectivity index (χ4v) is 4.08. The Bertz CT molecular complexity index is 657. The van der Waals surface area contributed by atoms with Crippen molar-refractivity contribution in [3.05, 3.63) is 33.9 Å². The van der Waals surface area contributed by atoms with Crippen LogP contribution in [0.3, 0.4) is 0 Å². The van der Waals surface area contributed by atoms with E-state index in [4.69, 9.17) is 0 Å². The van der Waals surface area contributed by atoms with Crippen LogP contribution in [0.15, 0.2) is 23.1 Å². The third-order valence-corrected chi connectivity index (χ3v) is 5.77. The maximum Gasteiger partial charge on any atom is 0.270 e. The predicted octanol–water partition coefficient (Wildman–Crippen LogP) is 2.69. The van der Waals surface area contributed by atoms with Gasteiger partial charge in [0, 0.05) is 18.2 Å². The summed E-state index contributed by atoms with van der Waals surface area (Å²) in [5, 5.41) is 10.9. The van der Waals surface area contributed by atoms with Crippen molar-refractivity contribution in [3.8, 4) is 0 Å². The minimum atomic E-state index is -3.78. The van der Waals surface area contributed by atoms with Gasteiger partial charge in [-0.25, -0.2) is 13.1 Å². The molecule has 0 saturated carbocycles. The van der Waals surface area contributed by atoms with Crippen LogP contribution < -0.4 is 4.72 Å². The van der Waals surface area contributed by atoms with Crippen molar-refractivity contribution in [3.63, 3.8) is 0 Å². The lowest BCUT2D eigenvalue weighted by Crippen LogP contribution is -2.34. The van der Waals surface area contributed by atoms with Crippen molar-refractivity contribution in [2.45, 2.75) is 51.5 Å². The average Bonchev–Trinajstić information content (AvgIpc) is 2.51. The Kier molecular flexibility index (Phi) is 7.78. The molecule has 0 unspecified atom stereocenters. The molecule has 1 atom stereocenters. The third-order valence-electron chi connectivity index (χ3n) is 4.03. The van der Waals surface area contributed by atoms with Gasteiger partial charge in [0.15, 0.2) is 0 Å². The van der Waals surface area contributed by atoms with Crippen LogP contribution in [0.2, 0.25) is 0 Å². The third kappa shape index (κ3) is 5.85. The van der Waals surface area contributed by atoms with Gasteiger partial charge in [-0.2, -0.15) is 0 Å². The topological polar surface area (TPSA) is 92.6 Å². The smallest absolute Gasteiger partial charge is 0.270 e. The summed E-state index contributed by atoms with van der Waals surface area (Å²) in [7, 11) is -3.78. The van der Waals surface area contributed by atoms with Gasteiger partial charge in [-0.05, 0) is 51.9 Å². The normalized spacial score (nSPS) is 13.2. The largest absolute Gasteiger partial charge is 0.304 e. The highest BCUT2D eigenvalue weighted by Crippen LogP contribution is 2.22. The van der Waals surface area contributed by atoms with E-state index < -0.39 is 14.9 Å². The molecule has 0 heterocycles. The summed E-state index contributed by atoms with van der Waals surface area (Å²) in [6.07, 6.45) is 1.60. The Balaban J connectivity index is 2.75. The van der Waals surface area contributed by atoms with Crippen LogP contribution in [0, 0.1) is 17.0 Å². The van der Waals surface area contributed by atoms with Crippen LogP contribution in [0.5, 0.6) is 0 Å². The van der Waals surface area contributed by atoms with Gasteiger partial charge >= 0.3 is 0 Å². The number of nitro groups is 1. The SMILES string of the molecule is CCN(CC)CCC[C@H](C)NS(=O)(=O)c1cc([N+](=O)[O-])ccc1C. The summed E-state index contributed by atoms with van der Waals surface area (Å²) >= 11 is 0. The molecule has 0 saturated heterocycles. The monoisotopic (exact) mass is 357 g/mol. The van der Waals surface area contributed by atoms with Gasteiger partial charge in [0.2, 0.25) is 10.0 Å². The molecule has 0 bridgehead atoms. The second-order valence-corrected chi connectivity index (χ2v) is 7.58. The first-order chi connectivity index (χ1) is 11.2. The lowest BCUT2D eigenvalue weighted by Gasteiger charge is -2.20. The zero-order valence-corrected chi connectivity index (χ0v) is 15.6. The van der Waals surface area contributed by atoms with Crippen molar-refractivity contribution < 1.29 is 13.3 Å². The second kappa shape index (κ2) is 9.10. The summed E-state index contributed by atoms with van der Waals surface area (Å²) in [5.41, 5.74) is 0.263. The molecular formula is C16H27N3O4S. The van der Waals surface area contributed by atoms with Gasteiger partial charge in [-0.1, -0.05) is 19.9 Å². The number of benzene rings is 1. The van der Waals surface area contributed by atoms with Gasteiger partial charge in [-0.15, -0.1) is 0 Å². The van der Waals surface area contributed by atoms with E-state index in [1.54, 1.807) is 6.92 Å². The first-order valence-electron chi connectivity index (χ1n) is 8.21. The van der Waals surface area contributed by atoms with Crippen molar-refractivity contribution in [1.82, 2.24) is 9.62 Å². The molecule has 0 aromatic heterocycles. The number of hydrogen-bond donors (Lipinski definition) is 1. The second-order valence-electron chi connectivity index (χ2n) is 5.90. The molecule has 0 amide bonds. The number of sulfonamides is 1. The predicted molar refractivity (Wildman–Crippen MR) is 94.6 cm³/mol. The number of nitrogens with one attached hydrogen (secondary N) is 1. The van der Waals surface area contributed by atoms with Crippen LogP contribution >= 0.6 is 0 Å². The zero-order valence-electron chi connectivity index (χ0n) is 14.8. The summed E-state index contributed by atoms with van der Waals surface area (Å²) < 4.78 is 27.6. The van der Waals surface area contributed by atoms with Crippen LogP contribution in [0.4, 0.5) is 5.69 Å². The van der Waals surface area contributed by atoms with Gasteiger partial charge in [-0.3, -0.25) is 10.1 Å². The highest BCUT2D eigenvalue weighted by Gasteiger charge is 2.22. The van der Waals surface area contributed by atoms with E-state index in [-0.39, 0.29) is 16.6 Å². The summed E-state index contributed by atoms with van der Waals surface area (Å²) in [5.74, 6) is 0. The van der Waals surface area contributed by atoms with E-state index >= 15 is 0 Å². The maximum atomic E-state index is 12.5. The van der Waals surface area contributed by atoms with Crippen LogP contribution in [0.1, 0.15) is 39.2 Å². The molecule has 24 heavy (non-hydrogen) atoms. The number of nitrogens with zero attached hydrogens (tertiary/aromatic N) is 2. The van der Waals surface area contributed by atoms with Crippen molar-refractivity contribution in [2.75, 3.05) is 19.6 Å². The standard InChI is InChI=1S/C16H27N3O4S/c1-5-18(6-2)11-7-8-14(4)17-24(22,23)16-12-15(19(20)21)10-9-13(16)3/h9-10,12,14,17H,5-8,11H2,1-4H3/t14-/m0/s1. The van der Waals surface area contributed by atoms with E-state index in [9.17, 15) is 18.5 Å². The Morgan fingerprint density at radius 1 is 1.29 bits per heavy atom. The van der Waals surface area contributed by atoms with Crippen LogP contribution in [-0.4, -0.2) is 43.9 Å². The molecule has 1 N–H and O–H groups in total. The van der Waals surface area contributed by atoms with E-state index in [1.807, 2.05) is 6.92 Å². The highest BCUT2D eigenvalue weighted by molar-refractivity contribution is 7.89. The molecule has 0 radical (unpaired) electrons. The Labute approximate surface area is 144 Å². The number of nitro benzene ring substituents is 1. The summed E-state index contributed by atoms with van der Waals surface area (Å²) in [6.45, 7) is 10.5. The molecule has 0 spiro atoms. The Morgan fingerprint density at radius 3 is 2.46 bits per heavy atom. The lowest BCUT2D eigenvalue weighted by atomic mass is 10.2. The Morgan fingerprint density at radius 2 is 1.92 bits per heavy atom. The first kappa shape index (κ1) is 20.5. The molecule has 0 aliphatic heterocycles.